The van der Waals surface area contributed by atoms with Gasteiger partial charge in [-0.2, -0.15) is 0 Å². The van der Waals surface area contributed by atoms with Crippen LogP contribution >= 0.6 is 11.6 Å². The average Bonchev–Trinajstić information content (AvgIpc) is 3.17. The van der Waals surface area contributed by atoms with Crippen molar-refractivity contribution >= 4 is 40.3 Å². The fourth-order valence-corrected chi connectivity index (χ4v) is 4.26. The van der Waals surface area contributed by atoms with Crippen LogP contribution < -0.4 is 20.8 Å². The lowest BCUT2D eigenvalue weighted by molar-refractivity contribution is -0.117. The summed E-state index contributed by atoms with van der Waals surface area (Å²) in [7, 11) is 0. The zero-order valence-corrected chi connectivity index (χ0v) is 19.4. The first-order valence-electron chi connectivity index (χ1n) is 11.0. The number of fused-ring (bicyclic) bond motifs is 1. The highest BCUT2D eigenvalue weighted by Gasteiger charge is 2.22. The molecule has 3 heterocycles. The van der Waals surface area contributed by atoms with E-state index in [-0.39, 0.29) is 12.5 Å². The highest BCUT2D eigenvalue weighted by atomic mass is 35.5. The molecule has 4 aromatic rings. The van der Waals surface area contributed by atoms with Crippen LogP contribution in [0.1, 0.15) is 5.56 Å². The van der Waals surface area contributed by atoms with Gasteiger partial charge in [0.1, 0.15) is 6.54 Å². The molecule has 0 aliphatic carbocycles. The maximum absolute atomic E-state index is 12.9. The molecular formula is C24H24ClN7O2. The number of halogens is 1. The van der Waals surface area contributed by atoms with Gasteiger partial charge in [0.15, 0.2) is 5.82 Å². The van der Waals surface area contributed by atoms with E-state index in [4.69, 9.17) is 11.6 Å². The number of piperazine rings is 1. The molecule has 2 aromatic heterocycles. The molecule has 34 heavy (non-hydrogen) atoms. The zero-order valence-electron chi connectivity index (χ0n) is 18.7. The SMILES string of the molecule is Cc1ccc(NC(=O)Cn2nc3c(N4CCN(c5ccccc5)CC4)nccn3c2=O)cc1Cl. The Bertz CT molecular complexity index is 1390. The van der Waals surface area contributed by atoms with Gasteiger partial charge in [0.05, 0.1) is 0 Å². The molecule has 1 aliphatic rings. The summed E-state index contributed by atoms with van der Waals surface area (Å²) >= 11 is 6.13. The van der Waals surface area contributed by atoms with E-state index >= 15 is 0 Å². The van der Waals surface area contributed by atoms with Gasteiger partial charge in [0, 0.05) is 55.0 Å². The topological polar surface area (TPSA) is 87.8 Å². The van der Waals surface area contributed by atoms with E-state index in [0.29, 0.717) is 22.2 Å². The van der Waals surface area contributed by atoms with Crippen molar-refractivity contribution in [2.75, 3.05) is 41.3 Å². The number of anilines is 3. The van der Waals surface area contributed by atoms with Crippen molar-refractivity contribution in [3.05, 3.63) is 82.0 Å². The summed E-state index contributed by atoms with van der Waals surface area (Å²) in [5.74, 6) is 0.271. The molecule has 1 fully saturated rings. The number of rotatable bonds is 5. The molecule has 1 aliphatic heterocycles. The number of hydrogen-bond donors (Lipinski definition) is 1. The molecule has 2 aromatic carbocycles. The highest BCUT2D eigenvalue weighted by Crippen LogP contribution is 2.22. The summed E-state index contributed by atoms with van der Waals surface area (Å²) in [6.07, 6.45) is 3.16. The molecule has 174 valence electrons. The Labute approximate surface area is 201 Å². The third-order valence-electron chi connectivity index (χ3n) is 5.93. The molecule has 0 saturated carbocycles. The van der Waals surface area contributed by atoms with Gasteiger partial charge < -0.3 is 15.1 Å². The first kappa shape index (κ1) is 22.0. The van der Waals surface area contributed by atoms with Gasteiger partial charge >= 0.3 is 5.69 Å². The number of nitrogens with zero attached hydrogens (tertiary/aromatic N) is 6. The summed E-state index contributed by atoms with van der Waals surface area (Å²) in [5, 5.41) is 7.77. The molecule has 5 rings (SSSR count). The van der Waals surface area contributed by atoms with E-state index in [2.05, 4.69) is 37.3 Å². The van der Waals surface area contributed by atoms with E-state index in [9.17, 15) is 9.59 Å². The summed E-state index contributed by atoms with van der Waals surface area (Å²) in [4.78, 5) is 34.4. The minimum atomic E-state index is -0.390. The molecule has 0 atom stereocenters. The molecule has 10 heteroatoms. The fraction of sp³-hybridized carbons (Fsp3) is 0.250. The Morgan fingerprint density at radius 3 is 2.53 bits per heavy atom. The molecule has 0 radical (unpaired) electrons. The van der Waals surface area contributed by atoms with E-state index in [1.807, 2.05) is 31.2 Å². The van der Waals surface area contributed by atoms with Gasteiger partial charge in [-0.15, -0.1) is 5.10 Å². The molecule has 0 spiro atoms. The number of amides is 1. The normalized spacial score (nSPS) is 13.9. The van der Waals surface area contributed by atoms with E-state index in [1.54, 1.807) is 24.5 Å². The smallest absolute Gasteiger partial charge is 0.350 e. The first-order chi connectivity index (χ1) is 16.5. The Kier molecular flexibility index (Phi) is 5.93. The molecule has 0 bridgehead atoms. The lowest BCUT2D eigenvalue weighted by atomic mass is 10.2. The van der Waals surface area contributed by atoms with Gasteiger partial charge in [-0.1, -0.05) is 35.9 Å². The highest BCUT2D eigenvalue weighted by molar-refractivity contribution is 6.31. The molecule has 0 unspecified atom stereocenters. The number of nitrogens with one attached hydrogen (secondary N) is 1. The van der Waals surface area contributed by atoms with Crippen LogP contribution in [0.3, 0.4) is 0 Å². The first-order valence-corrected chi connectivity index (χ1v) is 11.4. The summed E-state index contributed by atoms with van der Waals surface area (Å²) in [6.45, 7) is 4.83. The van der Waals surface area contributed by atoms with Gasteiger partial charge in [-0.05, 0) is 36.8 Å². The number of carbonyl (C=O) groups is 1. The van der Waals surface area contributed by atoms with Crippen LogP contribution in [0, 0.1) is 6.92 Å². The van der Waals surface area contributed by atoms with Crippen LogP contribution in [0.5, 0.6) is 0 Å². The number of aryl methyl sites for hydroxylation is 1. The summed E-state index contributed by atoms with van der Waals surface area (Å²) in [6, 6.07) is 15.6. The number of hydrogen-bond acceptors (Lipinski definition) is 6. The Morgan fingerprint density at radius 1 is 1.06 bits per heavy atom. The summed E-state index contributed by atoms with van der Waals surface area (Å²) < 4.78 is 2.59. The maximum atomic E-state index is 12.9. The third-order valence-corrected chi connectivity index (χ3v) is 6.34. The predicted molar refractivity (Wildman–Crippen MR) is 133 cm³/mol. The molecule has 1 amide bonds. The number of para-hydroxylation sites is 1. The van der Waals surface area contributed by atoms with Gasteiger partial charge in [0.2, 0.25) is 11.6 Å². The van der Waals surface area contributed by atoms with Crippen molar-refractivity contribution < 1.29 is 4.79 Å². The lowest BCUT2D eigenvalue weighted by Gasteiger charge is -2.36. The van der Waals surface area contributed by atoms with Crippen LogP contribution in [-0.2, 0) is 11.3 Å². The van der Waals surface area contributed by atoms with Crippen molar-refractivity contribution in [2.45, 2.75) is 13.5 Å². The van der Waals surface area contributed by atoms with Crippen molar-refractivity contribution in [1.29, 1.82) is 0 Å². The lowest BCUT2D eigenvalue weighted by Crippen LogP contribution is -2.47. The van der Waals surface area contributed by atoms with Crippen molar-refractivity contribution in [1.82, 2.24) is 19.2 Å². The Morgan fingerprint density at radius 2 is 1.79 bits per heavy atom. The van der Waals surface area contributed by atoms with Gasteiger partial charge in [-0.3, -0.25) is 4.79 Å². The van der Waals surface area contributed by atoms with Gasteiger partial charge in [-0.25, -0.2) is 18.9 Å². The van der Waals surface area contributed by atoms with E-state index in [1.165, 1.54) is 10.1 Å². The minimum absolute atomic E-state index is 0.215. The number of carbonyl (C=O) groups excluding carboxylic acids is 1. The monoisotopic (exact) mass is 477 g/mol. The van der Waals surface area contributed by atoms with E-state index < -0.39 is 5.69 Å². The van der Waals surface area contributed by atoms with Crippen LogP contribution in [0.25, 0.3) is 5.65 Å². The second-order valence-electron chi connectivity index (χ2n) is 8.21. The van der Waals surface area contributed by atoms with Crippen molar-refractivity contribution in [3.63, 3.8) is 0 Å². The molecule has 9 nitrogen and oxygen atoms in total. The minimum Gasteiger partial charge on any atom is -0.368 e. The van der Waals surface area contributed by atoms with Crippen molar-refractivity contribution in [3.8, 4) is 0 Å². The Balaban J connectivity index is 1.33. The number of benzene rings is 2. The van der Waals surface area contributed by atoms with Crippen molar-refractivity contribution in [2.24, 2.45) is 0 Å². The van der Waals surface area contributed by atoms with Gasteiger partial charge in [0.25, 0.3) is 0 Å². The van der Waals surface area contributed by atoms with Crippen LogP contribution in [0.15, 0.2) is 65.7 Å². The molecule has 1 N–H and O–H groups in total. The second kappa shape index (κ2) is 9.18. The standard InChI is InChI=1S/C24H24ClN7O2/c1-17-7-8-18(15-20(17)25)27-21(33)16-32-24(34)31-10-9-26-22(23(31)28-32)30-13-11-29(12-14-30)19-5-3-2-4-6-19/h2-10,15H,11-14,16H2,1H3,(H,27,33). The number of aromatic nitrogens is 4. The average molecular weight is 478 g/mol. The molecular weight excluding hydrogens is 454 g/mol. The van der Waals surface area contributed by atoms with Crippen LogP contribution in [0.4, 0.5) is 17.2 Å². The quantitative estimate of drug-likeness (QED) is 0.475. The van der Waals surface area contributed by atoms with Crippen LogP contribution in [-0.4, -0.2) is 51.3 Å². The van der Waals surface area contributed by atoms with E-state index in [0.717, 1.165) is 36.4 Å². The zero-order chi connectivity index (χ0) is 23.7. The third kappa shape index (κ3) is 4.34. The summed E-state index contributed by atoms with van der Waals surface area (Å²) in [5.41, 5.74) is 2.72. The molecule has 1 saturated heterocycles. The second-order valence-corrected chi connectivity index (χ2v) is 8.61. The Hall–Kier alpha value is -3.85. The largest absolute Gasteiger partial charge is 0.368 e. The maximum Gasteiger partial charge on any atom is 0.350 e. The van der Waals surface area contributed by atoms with Crippen LogP contribution in [0.2, 0.25) is 5.02 Å². The predicted octanol–water partition coefficient (Wildman–Crippen LogP) is 2.82. The fourth-order valence-electron chi connectivity index (χ4n) is 4.08.